The zero-order chi connectivity index (χ0) is 15.0. The van der Waals surface area contributed by atoms with Crippen LogP contribution in [0.5, 0.6) is 5.75 Å². The average molecular weight is 281 g/mol. The van der Waals surface area contributed by atoms with Gasteiger partial charge in [-0.1, -0.05) is 19.9 Å². The molecule has 3 rings (SSSR count). The second-order valence-corrected chi connectivity index (χ2v) is 5.41. The highest BCUT2D eigenvalue weighted by molar-refractivity contribution is 5.81. The number of hydrogen-bond acceptors (Lipinski definition) is 3. The first-order valence-electron chi connectivity index (χ1n) is 7.02. The maximum atomic E-state index is 5.87. The number of anilines is 1. The minimum absolute atomic E-state index is 0.310. The molecule has 4 nitrogen and oxygen atoms in total. The number of imidazole rings is 1. The van der Waals surface area contributed by atoms with E-state index in [1.165, 1.54) is 0 Å². The maximum Gasteiger partial charge on any atom is 0.120 e. The molecule has 4 heteroatoms. The number of methoxy groups -OCH3 is 1. The third kappa shape index (κ3) is 2.33. The van der Waals surface area contributed by atoms with Gasteiger partial charge in [-0.25, -0.2) is 4.98 Å². The van der Waals surface area contributed by atoms with Crippen molar-refractivity contribution in [2.75, 3.05) is 12.8 Å². The molecule has 2 aromatic carbocycles. The third-order valence-electron chi connectivity index (χ3n) is 3.53. The molecule has 0 radical (unpaired) electrons. The average Bonchev–Trinajstić information content (AvgIpc) is 2.86. The quantitative estimate of drug-likeness (QED) is 0.744. The number of fused-ring (bicyclic) bond motifs is 1. The number of rotatable bonds is 3. The van der Waals surface area contributed by atoms with Gasteiger partial charge in [-0.3, -0.25) is 4.57 Å². The second kappa shape index (κ2) is 5.13. The van der Waals surface area contributed by atoms with Gasteiger partial charge in [0.25, 0.3) is 0 Å². The van der Waals surface area contributed by atoms with Gasteiger partial charge in [0.2, 0.25) is 0 Å². The van der Waals surface area contributed by atoms with Gasteiger partial charge in [-0.15, -0.1) is 0 Å². The molecule has 2 N–H and O–H groups in total. The van der Waals surface area contributed by atoms with Crippen LogP contribution in [-0.4, -0.2) is 16.7 Å². The number of nitrogen functional groups attached to an aromatic ring is 1. The first-order chi connectivity index (χ1) is 10.1. The molecule has 0 aliphatic carbocycles. The molecule has 21 heavy (non-hydrogen) atoms. The van der Waals surface area contributed by atoms with Crippen LogP contribution in [0.25, 0.3) is 16.7 Å². The number of nitrogens with zero attached hydrogens (tertiary/aromatic N) is 2. The number of benzene rings is 2. The highest BCUT2D eigenvalue weighted by Crippen LogP contribution is 2.28. The molecule has 0 saturated carbocycles. The van der Waals surface area contributed by atoms with Crippen molar-refractivity contribution in [3.05, 3.63) is 48.3 Å². The van der Waals surface area contributed by atoms with E-state index in [9.17, 15) is 0 Å². The first kappa shape index (κ1) is 13.5. The summed E-state index contributed by atoms with van der Waals surface area (Å²) in [6.07, 6.45) is 0. The van der Waals surface area contributed by atoms with Gasteiger partial charge in [-0.2, -0.15) is 0 Å². The normalized spacial score (nSPS) is 11.2. The summed E-state index contributed by atoms with van der Waals surface area (Å²) in [5, 5.41) is 0. The van der Waals surface area contributed by atoms with Crippen LogP contribution in [0.4, 0.5) is 5.69 Å². The van der Waals surface area contributed by atoms with Crippen molar-refractivity contribution in [1.29, 1.82) is 0 Å². The minimum Gasteiger partial charge on any atom is -0.497 e. The molecule has 0 spiro atoms. The molecule has 0 bridgehead atoms. The zero-order valence-electron chi connectivity index (χ0n) is 12.5. The van der Waals surface area contributed by atoms with Crippen molar-refractivity contribution in [1.82, 2.24) is 9.55 Å². The van der Waals surface area contributed by atoms with Crippen molar-refractivity contribution < 1.29 is 4.74 Å². The monoisotopic (exact) mass is 281 g/mol. The summed E-state index contributed by atoms with van der Waals surface area (Å²) < 4.78 is 7.50. The van der Waals surface area contributed by atoms with Crippen molar-refractivity contribution in [2.45, 2.75) is 19.8 Å². The minimum atomic E-state index is 0.310. The molecule has 0 amide bonds. The van der Waals surface area contributed by atoms with Gasteiger partial charge < -0.3 is 10.5 Å². The van der Waals surface area contributed by atoms with Crippen LogP contribution in [0.2, 0.25) is 0 Å². The van der Waals surface area contributed by atoms with E-state index in [0.29, 0.717) is 5.92 Å². The fraction of sp³-hybridized carbons (Fsp3) is 0.235. The largest absolute Gasteiger partial charge is 0.497 e. The second-order valence-electron chi connectivity index (χ2n) is 5.41. The van der Waals surface area contributed by atoms with E-state index in [1.807, 2.05) is 36.4 Å². The maximum absolute atomic E-state index is 5.87. The molecular formula is C17H19N3O. The molecule has 0 aliphatic rings. The van der Waals surface area contributed by atoms with Crippen LogP contribution >= 0.6 is 0 Å². The lowest BCUT2D eigenvalue weighted by Crippen LogP contribution is -2.03. The Morgan fingerprint density at radius 1 is 1.14 bits per heavy atom. The molecule has 1 heterocycles. The van der Waals surface area contributed by atoms with Crippen LogP contribution < -0.4 is 10.5 Å². The Balaban J connectivity index is 2.30. The van der Waals surface area contributed by atoms with Gasteiger partial charge in [-0.05, 0) is 30.3 Å². The first-order valence-corrected chi connectivity index (χ1v) is 7.02. The summed E-state index contributed by atoms with van der Waals surface area (Å²) >= 11 is 0. The van der Waals surface area contributed by atoms with Crippen molar-refractivity contribution in [3.63, 3.8) is 0 Å². The molecule has 0 saturated heterocycles. The van der Waals surface area contributed by atoms with Gasteiger partial charge in [0, 0.05) is 17.7 Å². The SMILES string of the molecule is COc1cccc(-n2c(C(C)C)nc3cc(N)ccc32)c1. The Morgan fingerprint density at radius 3 is 2.67 bits per heavy atom. The summed E-state index contributed by atoms with van der Waals surface area (Å²) in [7, 11) is 1.68. The predicted octanol–water partition coefficient (Wildman–Crippen LogP) is 3.74. The van der Waals surface area contributed by atoms with E-state index in [-0.39, 0.29) is 0 Å². The summed E-state index contributed by atoms with van der Waals surface area (Å²) in [5.74, 6) is 2.16. The molecular weight excluding hydrogens is 262 g/mol. The lowest BCUT2D eigenvalue weighted by atomic mass is 10.2. The predicted molar refractivity (Wildman–Crippen MR) is 86.1 cm³/mol. The number of hydrogen-bond donors (Lipinski definition) is 1. The molecule has 0 atom stereocenters. The fourth-order valence-corrected chi connectivity index (χ4v) is 2.52. The zero-order valence-corrected chi connectivity index (χ0v) is 12.5. The van der Waals surface area contributed by atoms with E-state index in [0.717, 1.165) is 34.0 Å². The molecule has 0 unspecified atom stereocenters. The van der Waals surface area contributed by atoms with Crippen LogP contribution in [0, 0.1) is 0 Å². The Bertz CT molecular complexity index is 790. The molecule has 0 aliphatic heterocycles. The van der Waals surface area contributed by atoms with Gasteiger partial charge >= 0.3 is 0 Å². The van der Waals surface area contributed by atoms with Crippen LogP contribution in [-0.2, 0) is 0 Å². The molecule has 3 aromatic rings. The molecule has 108 valence electrons. The Kier molecular flexibility index (Phi) is 3.29. The highest BCUT2D eigenvalue weighted by Gasteiger charge is 2.15. The standard InChI is InChI=1S/C17H19N3O/c1-11(2)17-19-15-9-12(18)7-8-16(15)20(17)13-5-4-6-14(10-13)21-3/h4-11H,18H2,1-3H3. The fourth-order valence-electron chi connectivity index (χ4n) is 2.52. The lowest BCUT2D eigenvalue weighted by Gasteiger charge is -2.12. The van der Waals surface area contributed by atoms with Crippen LogP contribution in [0.3, 0.4) is 0 Å². The summed E-state index contributed by atoms with van der Waals surface area (Å²) in [5.41, 5.74) is 9.63. The van der Waals surface area contributed by atoms with Crippen LogP contribution in [0.15, 0.2) is 42.5 Å². The smallest absolute Gasteiger partial charge is 0.120 e. The Hall–Kier alpha value is -2.49. The van der Waals surface area contributed by atoms with Gasteiger partial charge in [0.1, 0.15) is 11.6 Å². The lowest BCUT2D eigenvalue weighted by molar-refractivity contribution is 0.414. The van der Waals surface area contributed by atoms with E-state index >= 15 is 0 Å². The molecule has 0 fully saturated rings. The topological polar surface area (TPSA) is 53.1 Å². The van der Waals surface area contributed by atoms with Gasteiger partial charge in [0.15, 0.2) is 0 Å². The Morgan fingerprint density at radius 2 is 1.95 bits per heavy atom. The van der Waals surface area contributed by atoms with E-state index in [4.69, 9.17) is 15.5 Å². The van der Waals surface area contributed by atoms with E-state index < -0.39 is 0 Å². The van der Waals surface area contributed by atoms with Crippen molar-refractivity contribution in [2.24, 2.45) is 0 Å². The van der Waals surface area contributed by atoms with E-state index in [2.05, 4.69) is 24.5 Å². The Labute approximate surface area is 124 Å². The summed E-state index contributed by atoms with van der Waals surface area (Å²) in [6, 6.07) is 13.8. The summed E-state index contributed by atoms with van der Waals surface area (Å²) in [6.45, 7) is 4.28. The highest BCUT2D eigenvalue weighted by atomic mass is 16.5. The van der Waals surface area contributed by atoms with Gasteiger partial charge in [0.05, 0.1) is 23.8 Å². The van der Waals surface area contributed by atoms with E-state index in [1.54, 1.807) is 7.11 Å². The summed E-state index contributed by atoms with van der Waals surface area (Å²) in [4.78, 5) is 4.75. The van der Waals surface area contributed by atoms with Crippen molar-refractivity contribution >= 4 is 16.7 Å². The number of nitrogens with two attached hydrogens (primary N) is 1. The van der Waals surface area contributed by atoms with Crippen LogP contribution in [0.1, 0.15) is 25.6 Å². The number of ether oxygens (including phenoxy) is 1. The molecule has 1 aromatic heterocycles. The third-order valence-corrected chi connectivity index (χ3v) is 3.53. The number of aromatic nitrogens is 2. The van der Waals surface area contributed by atoms with Crippen molar-refractivity contribution in [3.8, 4) is 11.4 Å².